The number of fused-ring (bicyclic) bond motifs is 1. The van der Waals surface area contributed by atoms with E-state index in [0.717, 1.165) is 17.0 Å². The Labute approximate surface area is 182 Å². The number of benzene rings is 1. The van der Waals surface area contributed by atoms with Crippen LogP contribution < -0.4 is 10.6 Å². The second-order valence-corrected chi connectivity index (χ2v) is 7.17. The quantitative estimate of drug-likeness (QED) is 0.236. The maximum atomic E-state index is 13.0. The third-order valence-electron chi connectivity index (χ3n) is 5.07. The highest BCUT2D eigenvalue weighted by molar-refractivity contribution is 6.23. The van der Waals surface area contributed by atoms with E-state index in [1.807, 2.05) is 13.1 Å². The molecule has 3 amide bonds. The van der Waals surface area contributed by atoms with Crippen molar-refractivity contribution in [2.24, 2.45) is 0 Å². The van der Waals surface area contributed by atoms with Gasteiger partial charge < -0.3 is 24.9 Å². The Morgan fingerprint density at radius 2 is 1.84 bits per heavy atom. The molecule has 0 aromatic heterocycles. The Morgan fingerprint density at radius 1 is 1.10 bits per heavy atom. The van der Waals surface area contributed by atoms with Crippen molar-refractivity contribution in [2.75, 3.05) is 47.1 Å². The third-order valence-corrected chi connectivity index (χ3v) is 5.07. The van der Waals surface area contributed by atoms with Gasteiger partial charge in [-0.15, -0.1) is 0 Å². The van der Waals surface area contributed by atoms with E-state index in [1.165, 1.54) is 7.05 Å². The Morgan fingerprint density at radius 3 is 2.52 bits per heavy atom. The Hall–Kier alpha value is -2.62. The SMILES string of the molecule is CNCCOCCOCCCc1cccc2c1C(=O)N(C(C=O)CCC(=O)NC)C2=O. The summed E-state index contributed by atoms with van der Waals surface area (Å²) in [4.78, 5) is 49.8. The molecule has 0 radical (unpaired) electrons. The van der Waals surface area contributed by atoms with Crippen LogP contribution in [0.15, 0.2) is 18.2 Å². The summed E-state index contributed by atoms with van der Waals surface area (Å²) in [5.41, 5.74) is 1.39. The second-order valence-electron chi connectivity index (χ2n) is 7.17. The summed E-state index contributed by atoms with van der Waals surface area (Å²) < 4.78 is 10.9. The fourth-order valence-electron chi connectivity index (χ4n) is 3.41. The largest absolute Gasteiger partial charge is 0.379 e. The number of aldehydes is 1. The summed E-state index contributed by atoms with van der Waals surface area (Å²) in [6, 6.07) is 4.18. The predicted octanol–water partition coefficient (Wildman–Crippen LogP) is 0.562. The van der Waals surface area contributed by atoms with E-state index >= 15 is 0 Å². The predicted molar refractivity (Wildman–Crippen MR) is 114 cm³/mol. The van der Waals surface area contributed by atoms with Crippen molar-refractivity contribution in [3.05, 3.63) is 34.9 Å². The van der Waals surface area contributed by atoms with E-state index in [-0.39, 0.29) is 18.7 Å². The lowest BCUT2D eigenvalue weighted by molar-refractivity contribution is -0.121. The van der Waals surface area contributed by atoms with E-state index in [2.05, 4.69) is 10.6 Å². The van der Waals surface area contributed by atoms with E-state index in [0.29, 0.717) is 56.7 Å². The molecule has 1 aliphatic heterocycles. The van der Waals surface area contributed by atoms with Gasteiger partial charge in [-0.2, -0.15) is 0 Å². The highest BCUT2D eigenvalue weighted by Gasteiger charge is 2.41. The first kappa shape index (κ1) is 24.6. The molecule has 0 saturated carbocycles. The van der Waals surface area contributed by atoms with Gasteiger partial charge in [0.05, 0.1) is 37.0 Å². The molecule has 2 rings (SSSR count). The average molecular weight is 434 g/mol. The fraction of sp³-hybridized carbons (Fsp3) is 0.545. The molecule has 0 bridgehead atoms. The van der Waals surface area contributed by atoms with Gasteiger partial charge >= 0.3 is 0 Å². The molecular formula is C22H31N3O6. The number of carbonyl (C=O) groups is 4. The normalized spacial score (nSPS) is 13.9. The average Bonchev–Trinajstić information content (AvgIpc) is 3.04. The van der Waals surface area contributed by atoms with E-state index in [4.69, 9.17) is 9.47 Å². The number of rotatable bonds is 15. The zero-order valence-electron chi connectivity index (χ0n) is 18.1. The van der Waals surface area contributed by atoms with Crippen molar-refractivity contribution >= 4 is 24.0 Å². The van der Waals surface area contributed by atoms with Crippen LogP contribution in [0.5, 0.6) is 0 Å². The molecule has 9 heteroatoms. The third kappa shape index (κ3) is 6.68. The zero-order valence-corrected chi connectivity index (χ0v) is 18.1. The van der Waals surface area contributed by atoms with Crippen LogP contribution in [0.1, 0.15) is 45.5 Å². The van der Waals surface area contributed by atoms with Crippen molar-refractivity contribution in [1.29, 1.82) is 0 Å². The van der Waals surface area contributed by atoms with Crippen molar-refractivity contribution in [2.45, 2.75) is 31.7 Å². The first-order valence-electron chi connectivity index (χ1n) is 10.5. The number of aryl methyl sites for hydroxylation is 1. The van der Waals surface area contributed by atoms with Gasteiger partial charge in [-0.05, 0) is 37.9 Å². The molecule has 1 aromatic rings. The Kier molecular flexibility index (Phi) is 10.3. The Bertz CT molecular complexity index is 783. The van der Waals surface area contributed by atoms with Crippen LogP contribution in [0, 0.1) is 0 Å². The summed E-state index contributed by atoms with van der Waals surface area (Å²) in [6.07, 6.45) is 1.95. The van der Waals surface area contributed by atoms with Crippen LogP contribution in [0.3, 0.4) is 0 Å². The molecule has 1 heterocycles. The number of ether oxygens (including phenoxy) is 2. The van der Waals surface area contributed by atoms with Crippen molar-refractivity contribution in [3.63, 3.8) is 0 Å². The smallest absolute Gasteiger partial charge is 0.262 e. The van der Waals surface area contributed by atoms with Crippen LogP contribution in [0.4, 0.5) is 0 Å². The second kappa shape index (κ2) is 12.9. The molecule has 0 spiro atoms. The monoisotopic (exact) mass is 433 g/mol. The van der Waals surface area contributed by atoms with Gasteiger partial charge in [0.1, 0.15) is 6.29 Å². The van der Waals surface area contributed by atoms with E-state index in [1.54, 1.807) is 12.1 Å². The maximum Gasteiger partial charge on any atom is 0.262 e. The summed E-state index contributed by atoms with van der Waals surface area (Å²) >= 11 is 0. The van der Waals surface area contributed by atoms with Gasteiger partial charge in [0, 0.05) is 26.6 Å². The number of nitrogens with zero attached hydrogens (tertiary/aromatic N) is 1. The first-order chi connectivity index (χ1) is 15.0. The standard InChI is InChI=1S/C22H31N3O6/c1-23-10-12-31-14-13-30-11-4-6-16-5-3-7-18-20(16)22(29)25(21(18)28)17(15-26)8-9-19(27)24-2/h3,5,7,15,17,23H,4,6,8-14H2,1-2H3,(H,24,27). The molecule has 1 atom stereocenters. The minimum atomic E-state index is -0.969. The lowest BCUT2D eigenvalue weighted by Crippen LogP contribution is -2.41. The molecule has 0 aliphatic carbocycles. The molecule has 170 valence electrons. The number of hydrogen-bond acceptors (Lipinski definition) is 7. The molecule has 1 unspecified atom stereocenters. The molecule has 1 aliphatic rings. The van der Waals surface area contributed by atoms with E-state index < -0.39 is 17.9 Å². The van der Waals surface area contributed by atoms with Crippen molar-refractivity contribution in [3.8, 4) is 0 Å². The van der Waals surface area contributed by atoms with Gasteiger partial charge in [-0.3, -0.25) is 19.3 Å². The molecule has 0 saturated heterocycles. The number of nitrogens with one attached hydrogen (secondary N) is 2. The number of carbonyl (C=O) groups excluding carboxylic acids is 4. The van der Waals surface area contributed by atoms with Crippen LogP contribution in [0.25, 0.3) is 0 Å². The van der Waals surface area contributed by atoms with Gasteiger partial charge in [0.15, 0.2) is 0 Å². The van der Waals surface area contributed by atoms with Crippen molar-refractivity contribution in [1.82, 2.24) is 15.5 Å². The van der Waals surface area contributed by atoms with Gasteiger partial charge in [-0.25, -0.2) is 0 Å². The van der Waals surface area contributed by atoms with Gasteiger partial charge in [0.2, 0.25) is 5.91 Å². The lowest BCUT2D eigenvalue weighted by Gasteiger charge is -2.21. The number of amides is 3. The topological polar surface area (TPSA) is 114 Å². The molecule has 9 nitrogen and oxygen atoms in total. The molecule has 2 N–H and O–H groups in total. The summed E-state index contributed by atoms with van der Waals surface area (Å²) in [5, 5.41) is 5.46. The van der Waals surface area contributed by atoms with Crippen LogP contribution in [0.2, 0.25) is 0 Å². The van der Waals surface area contributed by atoms with E-state index in [9.17, 15) is 19.2 Å². The molecule has 0 fully saturated rings. The van der Waals surface area contributed by atoms with Crippen molar-refractivity contribution < 1.29 is 28.7 Å². The molecule has 31 heavy (non-hydrogen) atoms. The molecular weight excluding hydrogens is 402 g/mol. The first-order valence-corrected chi connectivity index (χ1v) is 10.5. The minimum absolute atomic E-state index is 0.0518. The fourth-order valence-corrected chi connectivity index (χ4v) is 3.41. The number of likely N-dealkylation sites (N-methyl/N-ethyl adjacent to an activating group) is 1. The van der Waals surface area contributed by atoms with Crippen LogP contribution in [-0.2, 0) is 25.5 Å². The van der Waals surface area contributed by atoms with Crippen LogP contribution in [-0.4, -0.2) is 82.0 Å². The number of imide groups is 1. The highest BCUT2D eigenvalue weighted by Crippen LogP contribution is 2.29. The minimum Gasteiger partial charge on any atom is -0.379 e. The van der Waals surface area contributed by atoms with Gasteiger partial charge in [0.25, 0.3) is 11.8 Å². The highest BCUT2D eigenvalue weighted by atomic mass is 16.5. The maximum absolute atomic E-state index is 13.0. The van der Waals surface area contributed by atoms with Gasteiger partial charge in [-0.1, -0.05) is 12.1 Å². The summed E-state index contributed by atoms with van der Waals surface area (Å²) in [5.74, 6) is -1.23. The zero-order chi connectivity index (χ0) is 22.6. The Balaban J connectivity index is 1.93. The lowest BCUT2D eigenvalue weighted by atomic mass is 9.99. The number of hydrogen-bond donors (Lipinski definition) is 2. The summed E-state index contributed by atoms with van der Waals surface area (Å²) in [6.45, 7) is 2.95. The van der Waals surface area contributed by atoms with Crippen LogP contribution >= 0.6 is 0 Å². The molecule has 1 aromatic carbocycles. The summed E-state index contributed by atoms with van der Waals surface area (Å²) in [7, 11) is 3.36.